The number of aliphatic hydroxyl groups is 4. The zero-order valence-corrected chi connectivity index (χ0v) is 24.6. The molecule has 4 atom stereocenters. The van der Waals surface area contributed by atoms with E-state index in [9.17, 15) is 15.3 Å². The summed E-state index contributed by atoms with van der Waals surface area (Å²) < 4.78 is 0. The minimum atomic E-state index is -1.06. The summed E-state index contributed by atoms with van der Waals surface area (Å²) in [5.41, 5.74) is 4.45. The molecule has 0 aliphatic carbocycles. The highest BCUT2D eigenvalue weighted by atomic mass is 16.3. The molecular weight excluding hydrogens is 528 g/mol. The van der Waals surface area contributed by atoms with E-state index in [-0.39, 0.29) is 18.1 Å². The fourth-order valence-electron chi connectivity index (χ4n) is 5.39. The van der Waals surface area contributed by atoms with E-state index in [0.717, 1.165) is 29.4 Å². The maximum atomic E-state index is 11.4. The predicted molar refractivity (Wildman–Crippen MR) is 168 cm³/mol. The first kappa shape index (κ1) is 34.8. The van der Waals surface area contributed by atoms with E-state index >= 15 is 0 Å². The van der Waals surface area contributed by atoms with Gasteiger partial charge in [-0.3, -0.25) is 9.80 Å². The number of aliphatic hydroxyl groups excluding tert-OH is 4. The van der Waals surface area contributed by atoms with E-state index in [1.54, 1.807) is 0 Å². The van der Waals surface area contributed by atoms with Gasteiger partial charge in [0.1, 0.15) is 0 Å². The molecule has 0 spiro atoms. The van der Waals surface area contributed by atoms with Crippen LogP contribution in [0.2, 0.25) is 0 Å². The molecule has 0 aromatic heterocycles. The molecule has 0 amide bonds. The Bertz CT molecular complexity index is 1170. The molecule has 0 radical (unpaired) electrons. The van der Waals surface area contributed by atoms with Crippen molar-refractivity contribution in [3.63, 3.8) is 0 Å². The summed E-state index contributed by atoms with van der Waals surface area (Å²) in [6, 6.07) is 39.7. The lowest BCUT2D eigenvalue weighted by molar-refractivity contribution is -0.0659. The molecule has 0 saturated carbocycles. The van der Waals surface area contributed by atoms with Crippen LogP contribution in [0.25, 0.3) is 0 Å². The fraction of sp³-hybridized carbons (Fsp3) is 0.314. The summed E-state index contributed by atoms with van der Waals surface area (Å²) in [6.45, 7) is 3.29. The van der Waals surface area contributed by atoms with Gasteiger partial charge < -0.3 is 25.9 Å². The van der Waals surface area contributed by atoms with E-state index in [1.165, 1.54) is 0 Å². The second-order valence-corrected chi connectivity index (χ2v) is 10.1. The molecular formula is C35H46N2O5. The summed E-state index contributed by atoms with van der Waals surface area (Å²) in [5.74, 6) is 0. The lowest BCUT2D eigenvalue weighted by Gasteiger charge is -2.46. The third kappa shape index (κ3) is 9.86. The Morgan fingerprint density at radius 2 is 0.952 bits per heavy atom. The van der Waals surface area contributed by atoms with Crippen LogP contribution in [0, 0.1) is 0 Å². The van der Waals surface area contributed by atoms with E-state index < -0.39 is 24.8 Å². The van der Waals surface area contributed by atoms with Crippen molar-refractivity contribution in [2.75, 3.05) is 20.3 Å². The van der Waals surface area contributed by atoms with Gasteiger partial charge in [0.2, 0.25) is 0 Å². The number of hydrogen-bond acceptors (Lipinski definition) is 6. The Labute approximate surface area is 250 Å². The van der Waals surface area contributed by atoms with Gasteiger partial charge in [0, 0.05) is 32.8 Å². The number of hydrogen-bond donors (Lipinski definition) is 4. The molecule has 0 heterocycles. The van der Waals surface area contributed by atoms with E-state index in [0.29, 0.717) is 19.6 Å². The highest BCUT2D eigenvalue weighted by Crippen LogP contribution is 2.30. The van der Waals surface area contributed by atoms with Crippen molar-refractivity contribution in [3.05, 3.63) is 144 Å². The largest absolute Gasteiger partial charge is 0.412 e. The van der Waals surface area contributed by atoms with Gasteiger partial charge >= 0.3 is 0 Å². The van der Waals surface area contributed by atoms with Crippen LogP contribution < -0.4 is 0 Å². The maximum absolute atomic E-state index is 11.4. The predicted octanol–water partition coefficient (Wildman–Crippen LogP) is 3.82. The number of benzene rings is 4. The number of rotatable bonds is 14. The van der Waals surface area contributed by atoms with Crippen LogP contribution in [0.4, 0.5) is 0 Å². The zero-order valence-electron chi connectivity index (χ0n) is 24.6. The van der Waals surface area contributed by atoms with Crippen LogP contribution in [0.3, 0.4) is 0 Å². The summed E-state index contributed by atoms with van der Waals surface area (Å²) in [4.78, 5) is 4.46. The van der Waals surface area contributed by atoms with Gasteiger partial charge in [-0.25, -0.2) is 0 Å². The fourth-order valence-corrected chi connectivity index (χ4v) is 5.39. The van der Waals surface area contributed by atoms with Crippen LogP contribution in [-0.2, 0) is 19.6 Å². The van der Waals surface area contributed by atoms with Crippen molar-refractivity contribution in [3.8, 4) is 0 Å². The van der Waals surface area contributed by atoms with Gasteiger partial charge in [-0.15, -0.1) is 0 Å². The molecule has 6 N–H and O–H groups in total. The lowest BCUT2D eigenvalue weighted by atomic mass is 9.94. The molecule has 7 heteroatoms. The minimum Gasteiger partial charge on any atom is -0.412 e. The van der Waals surface area contributed by atoms with Crippen LogP contribution in [0.1, 0.15) is 35.2 Å². The summed E-state index contributed by atoms with van der Waals surface area (Å²) in [6.07, 6.45) is -1.06. The Hall–Kier alpha value is -3.40. The van der Waals surface area contributed by atoms with Crippen LogP contribution >= 0.6 is 0 Å². The van der Waals surface area contributed by atoms with Gasteiger partial charge in [0.05, 0.1) is 31.4 Å². The smallest absolute Gasteiger partial charge is 0.0942 e. The van der Waals surface area contributed by atoms with Gasteiger partial charge in [0.25, 0.3) is 0 Å². The quantitative estimate of drug-likeness (QED) is 0.182. The van der Waals surface area contributed by atoms with E-state index in [4.69, 9.17) is 5.11 Å². The van der Waals surface area contributed by atoms with E-state index in [1.807, 2.05) is 72.8 Å². The van der Waals surface area contributed by atoms with Gasteiger partial charge in [-0.2, -0.15) is 0 Å². The molecule has 0 saturated heterocycles. The maximum Gasteiger partial charge on any atom is 0.0942 e. The molecule has 0 unspecified atom stereocenters. The normalized spacial score (nSPS) is 13.8. The van der Waals surface area contributed by atoms with Crippen LogP contribution in [0.15, 0.2) is 121 Å². The molecule has 4 rings (SSSR count). The third-order valence-corrected chi connectivity index (χ3v) is 7.46. The van der Waals surface area contributed by atoms with Crippen molar-refractivity contribution in [2.45, 2.75) is 50.8 Å². The van der Waals surface area contributed by atoms with Crippen molar-refractivity contribution in [1.82, 2.24) is 9.80 Å². The first-order valence-electron chi connectivity index (χ1n) is 14.1. The summed E-state index contributed by atoms with van der Waals surface area (Å²) in [7, 11) is 1.00. The highest BCUT2D eigenvalue weighted by Gasteiger charge is 2.39. The van der Waals surface area contributed by atoms with Gasteiger partial charge in [-0.1, -0.05) is 121 Å². The lowest BCUT2D eigenvalue weighted by Crippen LogP contribution is -2.59. The average Bonchev–Trinajstić information content (AvgIpc) is 3.04. The molecule has 7 nitrogen and oxygen atoms in total. The van der Waals surface area contributed by atoms with Crippen LogP contribution in [-0.4, -0.2) is 74.2 Å². The van der Waals surface area contributed by atoms with Crippen LogP contribution in [0.5, 0.6) is 0 Å². The molecule has 42 heavy (non-hydrogen) atoms. The molecule has 4 aromatic rings. The second kappa shape index (κ2) is 18.9. The Kier molecular flexibility index (Phi) is 15.7. The topological polar surface area (TPSA) is 119 Å². The molecule has 0 aliphatic heterocycles. The molecule has 4 aromatic carbocycles. The summed E-state index contributed by atoms with van der Waals surface area (Å²) in [5, 5.41) is 39.7. The van der Waals surface area contributed by atoms with Crippen molar-refractivity contribution >= 4 is 0 Å². The Morgan fingerprint density at radius 1 is 0.571 bits per heavy atom. The summed E-state index contributed by atoms with van der Waals surface area (Å²) >= 11 is 0. The Morgan fingerprint density at radius 3 is 1.33 bits per heavy atom. The zero-order chi connectivity index (χ0) is 29.5. The number of nitrogens with zero attached hydrogens (tertiary/aromatic N) is 2. The molecule has 226 valence electrons. The van der Waals surface area contributed by atoms with Crippen molar-refractivity contribution < 1.29 is 25.9 Å². The first-order valence-corrected chi connectivity index (χ1v) is 14.1. The standard InChI is InChI=1S/C34H40N2O3.CH4O.H2O/c1-27(31-20-12-5-13-21-31)36(24-30-18-10-4-11-19-30)34(33(39)26-38)32(25-37)35(22-28-14-6-2-7-15-28)23-29-16-8-3-9-17-29;1-2;/h2-21,27,32-34,37-39H,22-26H2,1H3;2H,1H3;1H2/t27-,32+,33+,34-;;/m1../s1. The average molecular weight is 575 g/mol. The van der Waals surface area contributed by atoms with E-state index in [2.05, 4.69) is 65.3 Å². The Balaban J connectivity index is 0.00000201. The van der Waals surface area contributed by atoms with Gasteiger partial charge in [0.15, 0.2) is 0 Å². The minimum absolute atomic E-state index is 0. The molecule has 0 bridgehead atoms. The first-order chi connectivity index (χ1) is 20.1. The second-order valence-electron chi connectivity index (χ2n) is 10.1. The highest BCUT2D eigenvalue weighted by molar-refractivity contribution is 5.22. The monoisotopic (exact) mass is 574 g/mol. The molecule has 0 fully saturated rings. The third-order valence-electron chi connectivity index (χ3n) is 7.46. The van der Waals surface area contributed by atoms with Crippen molar-refractivity contribution in [2.24, 2.45) is 0 Å². The molecule has 0 aliphatic rings. The van der Waals surface area contributed by atoms with Crippen molar-refractivity contribution in [1.29, 1.82) is 0 Å². The van der Waals surface area contributed by atoms with Gasteiger partial charge in [-0.05, 0) is 29.2 Å². The SMILES string of the molecule is CO.C[C@H](c1ccccc1)N(Cc1ccccc1)[C@@H]([C@@H](O)CO)[C@H](CO)N(Cc1ccccc1)Cc1ccccc1.O.